The lowest BCUT2D eigenvalue weighted by atomic mass is 10.2. The Hall–Kier alpha value is -1.37. The molecule has 0 amide bonds. The molecule has 3 rings (SSSR count). The van der Waals surface area contributed by atoms with Crippen LogP contribution in [0.5, 0.6) is 0 Å². The van der Waals surface area contributed by atoms with Gasteiger partial charge in [-0.2, -0.15) is 0 Å². The van der Waals surface area contributed by atoms with Crippen LogP contribution in [0.25, 0.3) is 0 Å². The molecule has 1 aliphatic rings. The molecule has 1 aromatic heterocycles. The summed E-state index contributed by atoms with van der Waals surface area (Å²) in [6.07, 6.45) is 1.98. The van der Waals surface area contributed by atoms with Gasteiger partial charge in [-0.25, -0.2) is 9.37 Å². The molecule has 2 N–H and O–H groups in total. The van der Waals surface area contributed by atoms with E-state index in [1.165, 1.54) is 17.4 Å². The first kappa shape index (κ1) is 14.6. The lowest BCUT2D eigenvalue weighted by Gasteiger charge is -2.22. The minimum absolute atomic E-state index is 0.281. The van der Waals surface area contributed by atoms with Crippen molar-refractivity contribution in [3.05, 3.63) is 39.6 Å². The van der Waals surface area contributed by atoms with Crippen LogP contribution in [0.1, 0.15) is 11.3 Å². The zero-order chi connectivity index (χ0) is 14.8. The summed E-state index contributed by atoms with van der Waals surface area (Å²) < 4.78 is 14.7. The Bertz CT molecular complexity index is 636. The van der Waals surface area contributed by atoms with Gasteiger partial charge in [0.1, 0.15) is 5.82 Å². The minimum Gasteiger partial charge on any atom is -0.391 e. The molecule has 4 nitrogen and oxygen atoms in total. The first-order valence-electron chi connectivity index (χ1n) is 6.69. The van der Waals surface area contributed by atoms with Crippen molar-refractivity contribution in [2.24, 2.45) is 0 Å². The summed E-state index contributed by atoms with van der Waals surface area (Å²) in [5.74, 6) is -0.281. The predicted octanol–water partition coefficient (Wildman–Crippen LogP) is 3.12. The number of nitrogens with zero attached hydrogens (tertiary/aromatic N) is 2. The van der Waals surface area contributed by atoms with Gasteiger partial charge in [-0.3, -0.25) is 0 Å². The zero-order valence-corrected chi connectivity index (χ0v) is 12.8. The molecular formula is C14H15ClFN3OS. The highest BCUT2D eigenvalue weighted by molar-refractivity contribution is 7.15. The van der Waals surface area contributed by atoms with Gasteiger partial charge in [0, 0.05) is 24.2 Å². The summed E-state index contributed by atoms with van der Waals surface area (Å²) in [6.45, 7) is 1.66. The Morgan fingerprint density at radius 1 is 1.52 bits per heavy atom. The average Bonchev–Trinajstić information content (AvgIpc) is 3.05. The van der Waals surface area contributed by atoms with Gasteiger partial charge in [-0.15, -0.1) is 11.3 Å². The number of aliphatic hydroxyl groups excluding tert-OH is 1. The molecule has 1 fully saturated rings. The molecule has 0 aliphatic carbocycles. The molecule has 1 saturated heterocycles. The molecule has 0 bridgehead atoms. The minimum atomic E-state index is -0.391. The van der Waals surface area contributed by atoms with E-state index < -0.39 is 6.10 Å². The van der Waals surface area contributed by atoms with Gasteiger partial charge in [0.05, 0.1) is 24.0 Å². The van der Waals surface area contributed by atoms with E-state index in [1.54, 1.807) is 12.3 Å². The van der Waals surface area contributed by atoms with Crippen molar-refractivity contribution in [2.45, 2.75) is 19.1 Å². The number of rotatable bonds is 4. The second-order valence-corrected chi connectivity index (χ2v) is 6.65. The highest BCUT2D eigenvalue weighted by Crippen LogP contribution is 2.32. The number of hydrogen-bond donors (Lipinski definition) is 2. The second kappa shape index (κ2) is 6.17. The molecule has 1 unspecified atom stereocenters. The van der Waals surface area contributed by atoms with Crippen molar-refractivity contribution in [3.8, 4) is 0 Å². The topological polar surface area (TPSA) is 48.4 Å². The summed E-state index contributed by atoms with van der Waals surface area (Å²) in [4.78, 5) is 6.84. The highest BCUT2D eigenvalue weighted by Gasteiger charge is 2.24. The highest BCUT2D eigenvalue weighted by atomic mass is 35.5. The first-order valence-corrected chi connectivity index (χ1v) is 7.88. The largest absolute Gasteiger partial charge is 0.391 e. The molecule has 2 heterocycles. The van der Waals surface area contributed by atoms with Gasteiger partial charge >= 0.3 is 0 Å². The lowest BCUT2D eigenvalue weighted by Crippen LogP contribution is -2.23. The zero-order valence-electron chi connectivity index (χ0n) is 11.2. The van der Waals surface area contributed by atoms with E-state index >= 15 is 0 Å². The third-order valence-electron chi connectivity index (χ3n) is 3.44. The van der Waals surface area contributed by atoms with Gasteiger partial charge in [0.2, 0.25) is 0 Å². The van der Waals surface area contributed by atoms with Gasteiger partial charge in [-0.05, 0) is 18.6 Å². The molecular weight excluding hydrogens is 313 g/mol. The van der Waals surface area contributed by atoms with Gasteiger partial charge in [0.25, 0.3) is 0 Å². The van der Waals surface area contributed by atoms with E-state index in [1.807, 2.05) is 11.0 Å². The maximum Gasteiger partial charge on any atom is 0.183 e. The number of hydrogen-bond acceptors (Lipinski definition) is 5. The third-order valence-corrected chi connectivity index (χ3v) is 4.56. The lowest BCUT2D eigenvalue weighted by molar-refractivity contribution is 0.198. The maximum absolute atomic E-state index is 14.2. The monoisotopic (exact) mass is 327 g/mol. The van der Waals surface area contributed by atoms with Gasteiger partial charge < -0.3 is 15.3 Å². The summed E-state index contributed by atoms with van der Waals surface area (Å²) in [5.41, 5.74) is 1.23. The van der Waals surface area contributed by atoms with Crippen molar-refractivity contribution < 1.29 is 9.50 Å². The maximum atomic E-state index is 14.2. The molecule has 0 spiro atoms. The van der Waals surface area contributed by atoms with Crippen molar-refractivity contribution in [1.29, 1.82) is 0 Å². The Morgan fingerprint density at radius 3 is 3.05 bits per heavy atom. The summed E-state index contributed by atoms with van der Waals surface area (Å²) in [7, 11) is 0. The first-order chi connectivity index (χ1) is 10.1. The number of thiazole rings is 1. The van der Waals surface area contributed by atoms with E-state index in [4.69, 9.17) is 11.6 Å². The van der Waals surface area contributed by atoms with Crippen LogP contribution in [0, 0.1) is 5.82 Å². The number of halogens is 2. The second-order valence-electron chi connectivity index (χ2n) is 4.96. The van der Waals surface area contributed by atoms with Crippen molar-refractivity contribution in [1.82, 2.24) is 4.98 Å². The van der Waals surface area contributed by atoms with Crippen LogP contribution in [-0.2, 0) is 6.54 Å². The fourth-order valence-electron chi connectivity index (χ4n) is 2.47. The van der Waals surface area contributed by atoms with E-state index in [9.17, 15) is 9.50 Å². The smallest absolute Gasteiger partial charge is 0.183 e. The molecule has 1 atom stereocenters. The molecule has 1 aromatic carbocycles. The Kier molecular flexibility index (Phi) is 4.28. The fraction of sp³-hybridized carbons (Fsp3) is 0.357. The molecule has 112 valence electrons. The summed E-state index contributed by atoms with van der Waals surface area (Å²) in [6, 6.07) is 4.95. The molecule has 1 aliphatic heterocycles. The standard InChI is InChI=1S/C14H15ClFN3OS/c15-14-18-7-10(21-14)6-17-12-3-1-2-11(16)13(12)19-5-4-9(20)8-19/h1-3,7,9,17,20H,4-6,8H2. The SMILES string of the molecule is OC1CCN(c2c(F)cccc2NCc2cnc(Cl)s2)C1. The number of nitrogens with one attached hydrogen (secondary N) is 1. The number of β-amino-alcohol motifs (C(OH)–C–C–N with tert-alkyl or cyclic N) is 1. The van der Waals surface area contributed by atoms with E-state index in [0.717, 1.165) is 4.88 Å². The predicted molar refractivity (Wildman–Crippen MR) is 83.7 cm³/mol. The fourth-order valence-corrected chi connectivity index (χ4v) is 3.39. The summed E-state index contributed by atoms with van der Waals surface area (Å²) >= 11 is 7.20. The van der Waals surface area contributed by atoms with Gasteiger partial charge in [0.15, 0.2) is 4.47 Å². The Morgan fingerprint density at radius 2 is 2.38 bits per heavy atom. The van der Waals surface area contributed by atoms with E-state index in [2.05, 4.69) is 10.3 Å². The van der Waals surface area contributed by atoms with Crippen LogP contribution in [0.2, 0.25) is 4.47 Å². The van der Waals surface area contributed by atoms with Crippen LogP contribution in [0.3, 0.4) is 0 Å². The van der Waals surface area contributed by atoms with E-state index in [0.29, 0.717) is 41.9 Å². The Labute approximate surface area is 131 Å². The quantitative estimate of drug-likeness (QED) is 0.906. The average molecular weight is 328 g/mol. The summed E-state index contributed by atoms with van der Waals surface area (Å²) in [5, 5.41) is 12.9. The van der Waals surface area contributed by atoms with E-state index in [-0.39, 0.29) is 5.82 Å². The number of aliphatic hydroxyl groups is 1. The third kappa shape index (κ3) is 3.28. The van der Waals surface area contributed by atoms with Crippen LogP contribution in [0.4, 0.5) is 15.8 Å². The van der Waals surface area contributed by atoms with Crippen LogP contribution in [-0.4, -0.2) is 29.3 Å². The molecule has 21 heavy (non-hydrogen) atoms. The van der Waals surface area contributed by atoms with Gasteiger partial charge in [-0.1, -0.05) is 17.7 Å². The number of anilines is 2. The van der Waals surface area contributed by atoms with Crippen LogP contribution >= 0.6 is 22.9 Å². The van der Waals surface area contributed by atoms with Crippen molar-refractivity contribution >= 4 is 34.3 Å². The molecule has 7 heteroatoms. The number of aromatic nitrogens is 1. The Balaban J connectivity index is 1.79. The number of para-hydroxylation sites is 1. The van der Waals surface area contributed by atoms with Crippen molar-refractivity contribution in [2.75, 3.05) is 23.3 Å². The molecule has 0 radical (unpaired) electrons. The number of benzene rings is 1. The van der Waals surface area contributed by atoms with Crippen LogP contribution < -0.4 is 10.2 Å². The van der Waals surface area contributed by atoms with Crippen LogP contribution in [0.15, 0.2) is 24.4 Å². The molecule has 2 aromatic rings. The molecule has 0 saturated carbocycles. The van der Waals surface area contributed by atoms with Crippen molar-refractivity contribution in [3.63, 3.8) is 0 Å². The normalized spacial score (nSPS) is 18.2.